The Balaban J connectivity index is 1.93. The zero-order valence-electron chi connectivity index (χ0n) is 12.2. The number of anilines is 1. The second-order valence-electron chi connectivity index (χ2n) is 6.14. The van der Waals surface area contributed by atoms with Gasteiger partial charge in [-0.25, -0.2) is 0 Å². The minimum atomic E-state index is -0.388. The average Bonchev–Trinajstić information content (AvgIpc) is 2.48. The zero-order valence-corrected chi connectivity index (χ0v) is 13.8. The van der Waals surface area contributed by atoms with Crippen LogP contribution in [0.5, 0.6) is 0 Å². The van der Waals surface area contributed by atoms with Gasteiger partial charge >= 0.3 is 0 Å². The highest BCUT2D eigenvalue weighted by atomic mass is 79.9. The van der Waals surface area contributed by atoms with Gasteiger partial charge < -0.3 is 16.0 Å². The molecule has 1 heterocycles. The Labute approximate surface area is 134 Å². The first kappa shape index (κ1) is 14.9. The van der Waals surface area contributed by atoms with Crippen LogP contribution in [0.1, 0.15) is 42.5 Å². The van der Waals surface area contributed by atoms with Crippen molar-refractivity contribution in [3.05, 3.63) is 28.2 Å². The number of nitrogens with two attached hydrogens (primary N) is 1. The fourth-order valence-electron chi connectivity index (χ4n) is 3.78. The molecule has 1 aliphatic heterocycles. The molecular weight excluding hydrogens is 330 g/mol. The van der Waals surface area contributed by atoms with Gasteiger partial charge in [0.1, 0.15) is 0 Å². The van der Waals surface area contributed by atoms with Gasteiger partial charge in [0.15, 0.2) is 0 Å². The van der Waals surface area contributed by atoms with E-state index in [-0.39, 0.29) is 11.4 Å². The number of primary amides is 1. The maximum atomic E-state index is 11.4. The fraction of sp³-hybridized carbons (Fsp3) is 0.562. The van der Waals surface area contributed by atoms with Crippen LogP contribution in [0.2, 0.25) is 0 Å². The number of benzene rings is 1. The molecule has 0 bridgehead atoms. The topological polar surface area (TPSA) is 58.4 Å². The summed E-state index contributed by atoms with van der Waals surface area (Å²) in [5.74, 6) is -0.388. The number of rotatable bonds is 2. The highest BCUT2D eigenvalue weighted by molar-refractivity contribution is 9.10. The predicted molar refractivity (Wildman–Crippen MR) is 88.7 cm³/mol. The Kier molecular flexibility index (Phi) is 4.22. The molecule has 21 heavy (non-hydrogen) atoms. The van der Waals surface area contributed by atoms with Crippen LogP contribution < -0.4 is 16.0 Å². The summed E-state index contributed by atoms with van der Waals surface area (Å²) in [7, 11) is 0. The lowest BCUT2D eigenvalue weighted by Crippen LogP contribution is -2.62. The quantitative estimate of drug-likeness (QED) is 0.860. The monoisotopic (exact) mass is 351 g/mol. The first-order valence-electron chi connectivity index (χ1n) is 7.70. The summed E-state index contributed by atoms with van der Waals surface area (Å²) >= 11 is 3.48. The molecule has 1 aromatic rings. The van der Waals surface area contributed by atoms with Gasteiger partial charge in [-0.2, -0.15) is 0 Å². The van der Waals surface area contributed by atoms with Gasteiger partial charge in [0.25, 0.3) is 0 Å². The van der Waals surface area contributed by atoms with Crippen LogP contribution in [0.3, 0.4) is 0 Å². The van der Waals surface area contributed by atoms with Crippen molar-refractivity contribution in [2.75, 3.05) is 24.5 Å². The third-order valence-electron chi connectivity index (χ3n) is 4.85. The van der Waals surface area contributed by atoms with Crippen molar-refractivity contribution in [3.63, 3.8) is 0 Å². The second kappa shape index (κ2) is 5.97. The number of hydrogen-bond donors (Lipinski definition) is 2. The molecule has 5 heteroatoms. The Morgan fingerprint density at radius 1 is 1.29 bits per heavy atom. The Hall–Kier alpha value is -1.07. The lowest BCUT2D eigenvalue weighted by molar-refractivity contribution is 0.0999. The summed E-state index contributed by atoms with van der Waals surface area (Å²) in [4.78, 5) is 13.9. The maximum Gasteiger partial charge on any atom is 0.249 e. The van der Waals surface area contributed by atoms with Crippen molar-refractivity contribution in [3.8, 4) is 0 Å². The molecule has 3 rings (SSSR count). The van der Waals surface area contributed by atoms with Crippen LogP contribution in [-0.2, 0) is 0 Å². The minimum Gasteiger partial charge on any atom is -0.366 e. The van der Waals surface area contributed by atoms with Gasteiger partial charge in [0.2, 0.25) is 5.91 Å². The van der Waals surface area contributed by atoms with Gasteiger partial charge in [-0.15, -0.1) is 0 Å². The molecule has 1 saturated heterocycles. The van der Waals surface area contributed by atoms with Gasteiger partial charge in [-0.1, -0.05) is 19.3 Å². The molecule has 1 saturated carbocycles. The van der Waals surface area contributed by atoms with Crippen molar-refractivity contribution >= 4 is 27.5 Å². The molecular formula is C16H22BrN3O. The summed E-state index contributed by atoms with van der Waals surface area (Å²) in [5.41, 5.74) is 7.36. The fourth-order valence-corrected chi connectivity index (χ4v) is 4.34. The molecule has 3 N–H and O–H groups in total. The van der Waals surface area contributed by atoms with Gasteiger partial charge in [0.05, 0.1) is 11.1 Å². The number of carbonyl (C=O) groups is 1. The van der Waals surface area contributed by atoms with E-state index in [2.05, 4.69) is 26.1 Å². The molecule has 0 radical (unpaired) electrons. The number of nitrogens with one attached hydrogen (secondary N) is 1. The van der Waals surface area contributed by atoms with Crippen molar-refractivity contribution in [1.29, 1.82) is 0 Å². The highest BCUT2D eigenvalue weighted by Crippen LogP contribution is 2.38. The lowest BCUT2D eigenvalue weighted by Gasteiger charge is -2.51. The Bertz CT molecular complexity index is 532. The molecule has 1 spiro atoms. The summed E-state index contributed by atoms with van der Waals surface area (Å²) < 4.78 is 0.789. The van der Waals surface area contributed by atoms with Crippen LogP contribution in [0, 0.1) is 0 Å². The third kappa shape index (κ3) is 2.81. The number of carbonyl (C=O) groups excluding carboxylic acids is 1. The first-order chi connectivity index (χ1) is 10.1. The molecule has 0 aromatic heterocycles. The Morgan fingerprint density at radius 3 is 2.71 bits per heavy atom. The Morgan fingerprint density at radius 2 is 2.05 bits per heavy atom. The lowest BCUT2D eigenvalue weighted by atomic mass is 9.78. The molecule has 2 aliphatic rings. The largest absolute Gasteiger partial charge is 0.366 e. The van der Waals surface area contributed by atoms with E-state index in [1.54, 1.807) is 0 Å². The van der Waals surface area contributed by atoms with E-state index >= 15 is 0 Å². The van der Waals surface area contributed by atoms with Crippen LogP contribution in [0.25, 0.3) is 0 Å². The molecule has 1 aliphatic carbocycles. The molecule has 2 fully saturated rings. The summed E-state index contributed by atoms with van der Waals surface area (Å²) in [6.07, 6.45) is 6.45. The van der Waals surface area contributed by atoms with Crippen molar-refractivity contribution in [1.82, 2.24) is 5.32 Å². The molecule has 4 nitrogen and oxygen atoms in total. The molecule has 0 atom stereocenters. The van der Waals surface area contributed by atoms with E-state index in [0.717, 1.165) is 24.1 Å². The zero-order chi connectivity index (χ0) is 14.9. The summed E-state index contributed by atoms with van der Waals surface area (Å²) in [6.45, 7) is 3.08. The molecule has 1 amide bonds. The van der Waals surface area contributed by atoms with E-state index in [0.29, 0.717) is 5.56 Å². The number of halogens is 1. The van der Waals surface area contributed by atoms with Gasteiger partial charge in [-0.05, 0) is 47.0 Å². The van der Waals surface area contributed by atoms with Crippen LogP contribution in [-0.4, -0.2) is 31.1 Å². The van der Waals surface area contributed by atoms with Crippen molar-refractivity contribution in [2.24, 2.45) is 5.73 Å². The van der Waals surface area contributed by atoms with Crippen LogP contribution >= 0.6 is 15.9 Å². The number of nitrogens with zero attached hydrogens (tertiary/aromatic N) is 1. The van der Waals surface area contributed by atoms with Crippen LogP contribution in [0.4, 0.5) is 5.69 Å². The van der Waals surface area contributed by atoms with E-state index in [9.17, 15) is 4.79 Å². The first-order valence-corrected chi connectivity index (χ1v) is 8.49. The standard InChI is InChI=1S/C16H22BrN3O/c17-14-10-12(4-5-13(14)15(18)21)20-9-8-19-11-16(20)6-2-1-3-7-16/h4-5,10,19H,1-3,6-9,11H2,(H2,18,21). The maximum absolute atomic E-state index is 11.4. The minimum absolute atomic E-state index is 0.240. The molecule has 1 aromatic carbocycles. The number of amides is 1. The normalized spacial score (nSPS) is 21.5. The van der Waals surface area contributed by atoms with Gasteiger partial charge in [-0.3, -0.25) is 4.79 Å². The highest BCUT2D eigenvalue weighted by Gasteiger charge is 2.39. The predicted octanol–water partition coefficient (Wildman–Crippen LogP) is 2.66. The van der Waals surface area contributed by atoms with Crippen molar-refractivity contribution in [2.45, 2.75) is 37.6 Å². The van der Waals surface area contributed by atoms with Gasteiger partial charge in [0, 0.05) is 29.8 Å². The summed E-state index contributed by atoms with van der Waals surface area (Å²) in [6, 6.07) is 5.91. The van der Waals surface area contributed by atoms with E-state index in [1.807, 2.05) is 18.2 Å². The molecule has 0 unspecified atom stereocenters. The number of hydrogen-bond acceptors (Lipinski definition) is 3. The molecule has 114 valence electrons. The SMILES string of the molecule is NC(=O)c1ccc(N2CCNCC23CCCCC3)cc1Br. The summed E-state index contributed by atoms with van der Waals surface area (Å²) in [5, 5.41) is 3.56. The second-order valence-corrected chi connectivity index (χ2v) is 7.00. The third-order valence-corrected chi connectivity index (χ3v) is 5.51. The number of piperazine rings is 1. The average molecular weight is 352 g/mol. The van der Waals surface area contributed by atoms with Crippen LogP contribution in [0.15, 0.2) is 22.7 Å². The smallest absolute Gasteiger partial charge is 0.249 e. The van der Waals surface area contributed by atoms with E-state index in [4.69, 9.17) is 5.73 Å². The van der Waals surface area contributed by atoms with E-state index < -0.39 is 0 Å². The van der Waals surface area contributed by atoms with E-state index in [1.165, 1.54) is 37.8 Å². The van der Waals surface area contributed by atoms with Crippen molar-refractivity contribution < 1.29 is 4.79 Å².